The highest BCUT2D eigenvalue weighted by Gasteiger charge is 2.85. The summed E-state index contributed by atoms with van der Waals surface area (Å²) >= 11 is 0. The molecule has 2 unspecified atom stereocenters. The molecular formula is C37H60O10. The summed E-state index contributed by atoms with van der Waals surface area (Å²) in [5, 5.41) is 54.0. The summed E-state index contributed by atoms with van der Waals surface area (Å²) in [6.45, 7) is 16.2. The number of ether oxygens (including phenoxy) is 4. The highest BCUT2D eigenvalue weighted by atomic mass is 16.7. The van der Waals surface area contributed by atoms with Crippen LogP contribution >= 0.6 is 0 Å². The molecule has 0 aromatic heterocycles. The minimum atomic E-state index is -1.31. The highest BCUT2D eigenvalue weighted by molar-refractivity contribution is 5.66. The SMILES string of the molecule is CC(=O)O[C@H]1[C@H](O)[C@H](C2(C)CCC(C(C)(C)O)O2)[C@@]2(C)CC[C@@]34C[C@@]35CC[C@H](O[C@@H]3OC[C@@H](O)[C@H](O)[C@H]3O)C(C)(C)[C@@H]5CC[C@H]4[C@]12C. The molecule has 5 aliphatic carbocycles. The molecule has 0 aromatic rings. The topological polar surface area (TPSA) is 155 Å². The molecular weight excluding hydrogens is 604 g/mol. The second-order valence-corrected chi connectivity index (χ2v) is 18.7. The fraction of sp³-hybridized carbons (Fsp3) is 0.973. The zero-order valence-electron chi connectivity index (χ0n) is 29.7. The quantitative estimate of drug-likeness (QED) is 0.218. The van der Waals surface area contributed by atoms with Crippen LogP contribution in [0.2, 0.25) is 0 Å². The molecule has 268 valence electrons. The van der Waals surface area contributed by atoms with Gasteiger partial charge in [-0.15, -0.1) is 0 Å². The van der Waals surface area contributed by atoms with E-state index in [0.717, 1.165) is 51.4 Å². The Hall–Kier alpha value is -0.850. The molecule has 0 aromatic carbocycles. The highest BCUT2D eigenvalue weighted by Crippen LogP contribution is 2.89. The van der Waals surface area contributed by atoms with Crippen LogP contribution in [0.15, 0.2) is 0 Å². The number of aliphatic hydroxyl groups excluding tert-OH is 4. The molecule has 2 aliphatic heterocycles. The number of hydrogen-bond acceptors (Lipinski definition) is 10. The van der Waals surface area contributed by atoms with Gasteiger partial charge < -0.3 is 44.5 Å². The van der Waals surface area contributed by atoms with Crippen molar-refractivity contribution in [2.75, 3.05) is 6.61 Å². The normalized spacial score (nSPS) is 56.6. The van der Waals surface area contributed by atoms with Gasteiger partial charge in [0, 0.05) is 18.3 Å². The number of hydrogen-bond donors (Lipinski definition) is 5. The predicted molar refractivity (Wildman–Crippen MR) is 171 cm³/mol. The zero-order chi connectivity index (χ0) is 34.3. The van der Waals surface area contributed by atoms with Crippen molar-refractivity contribution in [3.8, 4) is 0 Å². The van der Waals surface area contributed by atoms with E-state index < -0.39 is 53.4 Å². The number of esters is 1. The molecule has 2 heterocycles. The maximum Gasteiger partial charge on any atom is 0.303 e. The lowest BCUT2D eigenvalue weighted by Gasteiger charge is -2.64. The lowest BCUT2D eigenvalue weighted by molar-refractivity contribution is -0.303. The summed E-state index contributed by atoms with van der Waals surface area (Å²) in [7, 11) is 0. The van der Waals surface area contributed by atoms with Crippen LogP contribution in [0.5, 0.6) is 0 Å². The van der Waals surface area contributed by atoms with Crippen molar-refractivity contribution >= 4 is 5.97 Å². The minimum Gasteiger partial charge on any atom is -0.459 e. The van der Waals surface area contributed by atoms with Gasteiger partial charge in [-0.25, -0.2) is 0 Å². The van der Waals surface area contributed by atoms with Crippen LogP contribution < -0.4 is 0 Å². The van der Waals surface area contributed by atoms with Crippen molar-refractivity contribution < 1.29 is 49.3 Å². The molecule has 5 N–H and O–H groups in total. The molecule has 5 saturated carbocycles. The Morgan fingerprint density at radius 1 is 0.830 bits per heavy atom. The summed E-state index contributed by atoms with van der Waals surface area (Å²) in [5.41, 5.74) is -2.49. The number of rotatable bonds is 5. The Balaban J connectivity index is 1.19. The molecule has 0 amide bonds. The molecule has 10 heteroatoms. The molecule has 2 spiro atoms. The maximum absolute atomic E-state index is 12.7. The molecule has 2 saturated heterocycles. The van der Waals surface area contributed by atoms with Crippen LogP contribution in [0.1, 0.15) is 113 Å². The average Bonchev–Trinajstić information content (AvgIpc) is 3.40. The Bertz CT molecular complexity index is 1270. The molecule has 0 bridgehead atoms. The van der Waals surface area contributed by atoms with Crippen molar-refractivity contribution in [3.63, 3.8) is 0 Å². The van der Waals surface area contributed by atoms with Gasteiger partial charge in [-0.2, -0.15) is 0 Å². The predicted octanol–water partition coefficient (Wildman–Crippen LogP) is 3.47. The van der Waals surface area contributed by atoms with Crippen LogP contribution in [0.4, 0.5) is 0 Å². The van der Waals surface area contributed by atoms with E-state index in [1.807, 2.05) is 0 Å². The lowest BCUT2D eigenvalue weighted by atomic mass is 9.41. The first kappa shape index (κ1) is 34.6. The second-order valence-electron chi connectivity index (χ2n) is 18.7. The zero-order valence-corrected chi connectivity index (χ0v) is 29.7. The van der Waals surface area contributed by atoms with Gasteiger partial charge in [-0.3, -0.25) is 4.79 Å². The fourth-order valence-electron chi connectivity index (χ4n) is 13.7. The van der Waals surface area contributed by atoms with Crippen molar-refractivity contribution in [2.45, 2.75) is 173 Å². The Morgan fingerprint density at radius 3 is 2.13 bits per heavy atom. The van der Waals surface area contributed by atoms with Crippen LogP contribution in [0.25, 0.3) is 0 Å². The van der Waals surface area contributed by atoms with Crippen LogP contribution in [-0.4, -0.2) is 98.3 Å². The molecule has 7 aliphatic rings. The van der Waals surface area contributed by atoms with Gasteiger partial charge in [0.2, 0.25) is 0 Å². The molecule has 10 nitrogen and oxygen atoms in total. The van der Waals surface area contributed by atoms with Crippen LogP contribution in [0.3, 0.4) is 0 Å². The lowest BCUT2D eigenvalue weighted by Crippen LogP contribution is -2.62. The number of carbonyl (C=O) groups is 1. The van der Waals surface area contributed by atoms with Crippen LogP contribution in [-0.2, 0) is 23.7 Å². The van der Waals surface area contributed by atoms with Crippen molar-refractivity contribution in [2.24, 2.45) is 44.8 Å². The summed E-state index contributed by atoms with van der Waals surface area (Å²) in [6.07, 6.45) is 1.51. The van der Waals surface area contributed by atoms with Crippen molar-refractivity contribution in [1.82, 2.24) is 0 Å². The molecule has 7 rings (SSSR count). The third-order valence-corrected chi connectivity index (χ3v) is 15.9. The Labute approximate surface area is 279 Å². The summed E-state index contributed by atoms with van der Waals surface area (Å²) in [6, 6.07) is 0. The molecule has 7 fully saturated rings. The smallest absolute Gasteiger partial charge is 0.303 e. The molecule has 0 radical (unpaired) electrons. The van der Waals surface area contributed by atoms with Gasteiger partial charge >= 0.3 is 5.97 Å². The van der Waals surface area contributed by atoms with E-state index in [-0.39, 0.29) is 58.3 Å². The number of fused-ring (bicyclic) bond motifs is 2. The van der Waals surface area contributed by atoms with E-state index in [4.69, 9.17) is 18.9 Å². The van der Waals surface area contributed by atoms with Gasteiger partial charge in [0.25, 0.3) is 0 Å². The van der Waals surface area contributed by atoms with Gasteiger partial charge in [0.1, 0.15) is 24.4 Å². The second kappa shape index (κ2) is 10.6. The van der Waals surface area contributed by atoms with E-state index in [2.05, 4.69) is 34.6 Å². The van der Waals surface area contributed by atoms with Crippen molar-refractivity contribution in [3.05, 3.63) is 0 Å². The first-order chi connectivity index (χ1) is 21.7. The third kappa shape index (κ3) is 4.47. The summed E-state index contributed by atoms with van der Waals surface area (Å²) in [4.78, 5) is 12.7. The van der Waals surface area contributed by atoms with Crippen molar-refractivity contribution in [1.29, 1.82) is 0 Å². The molecule has 47 heavy (non-hydrogen) atoms. The number of carbonyl (C=O) groups excluding carboxylic acids is 1. The summed E-state index contributed by atoms with van der Waals surface area (Å²) in [5.74, 6) is 0.0227. The van der Waals surface area contributed by atoms with Gasteiger partial charge in [-0.05, 0) is 112 Å². The van der Waals surface area contributed by atoms with E-state index >= 15 is 0 Å². The summed E-state index contributed by atoms with van der Waals surface area (Å²) < 4.78 is 25.1. The van der Waals surface area contributed by atoms with Gasteiger partial charge in [-0.1, -0.05) is 27.7 Å². The van der Waals surface area contributed by atoms with Crippen LogP contribution in [0, 0.1) is 44.8 Å². The monoisotopic (exact) mass is 664 g/mol. The Morgan fingerprint density at radius 2 is 1.49 bits per heavy atom. The maximum atomic E-state index is 12.7. The first-order valence-corrected chi connectivity index (χ1v) is 18.3. The fourth-order valence-corrected chi connectivity index (χ4v) is 13.7. The standard InChI is InChI=1S/C37H60O10/c1-19(38)45-29-27(42)28(34(7)13-11-24(47-34)32(4,5)43)33(6)15-16-37-18-36(37)14-12-23(46-30-26(41)25(40)20(39)17-44-30)31(2,3)21(36)9-10-22(37)35(29,33)8/h20-30,39-43H,9-18H2,1-8H3/t20-,21+,22+,23+,24?,25+,26-,27-,28+,29+,30+,33-,34?,35-,36-,37+/m1/s1. The first-order valence-electron chi connectivity index (χ1n) is 18.3. The molecule has 16 atom stereocenters. The van der Waals surface area contributed by atoms with E-state index in [9.17, 15) is 30.3 Å². The average molecular weight is 665 g/mol. The van der Waals surface area contributed by atoms with Gasteiger partial charge in [0.05, 0.1) is 36.1 Å². The number of aliphatic hydroxyl groups is 5. The van der Waals surface area contributed by atoms with Gasteiger partial charge in [0.15, 0.2) is 6.29 Å². The third-order valence-electron chi connectivity index (χ3n) is 15.9. The largest absolute Gasteiger partial charge is 0.459 e. The minimum absolute atomic E-state index is 0.0770. The Kier molecular flexibility index (Phi) is 7.80. The van der Waals surface area contributed by atoms with E-state index in [0.29, 0.717) is 12.3 Å². The van der Waals surface area contributed by atoms with E-state index in [1.165, 1.54) is 6.92 Å². The van der Waals surface area contributed by atoms with E-state index in [1.54, 1.807) is 13.8 Å².